The number of rotatable bonds is 2. The third kappa shape index (κ3) is 3.33. The van der Waals surface area contributed by atoms with Crippen molar-refractivity contribution < 1.29 is 9.50 Å². The number of hydrogen-bond donors (Lipinski definition) is 1. The van der Waals surface area contributed by atoms with Crippen LogP contribution in [0.3, 0.4) is 0 Å². The molecule has 13 heavy (non-hydrogen) atoms. The predicted octanol–water partition coefficient (Wildman–Crippen LogP) is 2.79. The fourth-order valence-corrected chi connectivity index (χ4v) is 1.35. The molecule has 0 aliphatic heterocycles. The Kier molecular flexibility index (Phi) is 2.94. The summed E-state index contributed by atoms with van der Waals surface area (Å²) in [6.45, 7) is 3.40. The van der Waals surface area contributed by atoms with Crippen LogP contribution >= 0.6 is 11.6 Å². The first-order valence-electron chi connectivity index (χ1n) is 4.05. The van der Waals surface area contributed by atoms with Crippen molar-refractivity contribution in [2.24, 2.45) is 0 Å². The van der Waals surface area contributed by atoms with Gasteiger partial charge in [0.1, 0.15) is 5.82 Å². The lowest BCUT2D eigenvalue weighted by molar-refractivity contribution is 0.0810. The standard InChI is InChI=1S/C10H12ClFO/c1-10(2,13)6-7-3-4-9(12)8(11)5-7/h3-5,13H,6H2,1-2H3. The van der Waals surface area contributed by atoms with Crippen molar-refractivity contribution in [3.8, 4) is 0 Å². The van der Waals surface area contributed by atoms with E-state index >= 15 is 0 Å². The summed E-state index contributed by atoms with van der Waals surface area (Å²) in [7, 11) is 0. The molecule has 0 aliphatic carbocycles. The smallest absolute Gasteiger partial charge is 0.141 e. The lowest BCUT2D eigenvalue weighted by atomic mass is 9.99. The van der Waals surface area contributed by atoms with Crippen LogP contribution in [0.4, 0.5) is 4.39 Å². The van der Waals surface area contributed by atoms with E-state index in [0.29, 0.717) is 6.42 Å². The van der Waals surface area contributed by atoms with E-state index < -0.39 is 11.4 Å². The zero-order valence-electron chi connectivity index (χ0n) is 7.64. The van der Waals surface area contributed by atoms with Crippen LogP contribution in [0.15, 0.2) is 18.2 Å². The second kappa shape index (κ2) is 3.64. The van der Waals surface area contributed by atoms with Gasteiger partial charge in [0.15, 0.2) is 0 Å². The van der Waals surface area contributed by atoms with E-state index in [2.05, 4.69) is 0 Å². The number of benzene rings is 1. The molecule has 1 aromatic rings. The van der Waals surface area contributed by atoms with Crippen LogP contribution in [0.1, 0.15) is 19.4 Å². The monoisotopic (exact) mass is 202 g/mol. The molecule has 0 unspecified atom stereocenters. The van der Waals surface area contributed by atoms with Crippen molar-refractivity contribution in [3.05, 3.63) is 34.6 Å². The van der Waals surface area contributed by atoms with Crippen LogP contribution < -0.4 is 0 Å². The average molecular weight is 203 g/mol. The van der Waals surface area contributed by atoms with Gasteiger partial charge >= 0.3 is 0 Å². The molecular formula is C10H12ClFO. The van der Waals surface area contributed by atoms with E-state index in [1.54, 1.807) is 19.9 Å². The highest BCUT2D eigenvalue weighted by atomic mass is 35.5. The highest BCUT2D eigenvalue weighted by Crippen LogP contribution is 2.19. The van der Waals surface area contributed by atoms with Crippen molar-refractivity contribution in [2.45, 2.75) is 25.9 Å². The highest BCUT2D eigenvalue weighted by molar-refractivity contribution is 6.30. The molecule has 3 heteroatoms. The number of hydrogen-bond acceptors (Lipinski definition) is 1. The van der Waals surface area contributed by atoms with E-state index in [1.165, 1.54) is 12.1 Å². The van der Waals surface area contributed by atoms with Crippen molar-refractivity contribution in [1.82, 2.24) is 0 Å². The van der Waals surface area contributed by atoms with Crippen LogP contribution in [0.25, 0.3) is 0 Å². The van der Waals surface area contributed by atoms with Crippen molar-refractivity contribution in [2.75, 3.05) is 0 Å². The average Bonchev–Trinajstić information content (AvgIpc) is 1.94. The topological polar surface area (TPSA) is 20.2 Å². The Morgan fingerprint density at radius 1 is 1.46 bits per heavy atom. The molecule has 1 nitrogen and oxygen atoms in total. The first-order valence-corrected chi connectivity index (χ1v) is 4.42. The molecule has 0 bridgehead atoms. The molecule has 0 spiro atoms. The first kappa shape index (κ1) is 10.5. The molecule has 0 radical (unpaired) electrons. The SMILES string of the molecule is CC(C)(O)Cc1ccc(F)c(Cl)c1. The number of aliphatic hydroxyl groups is 1. The minimum atomic E-state index is -0.791. The number of halogens is 2. The third-order valence-electron chi connectivity index (χ3n) is 1.62. The van der Waals surface area contributed by atoms with Gasteiger partial charge in [-0.15, -0.1) is 0 Å². The molecule has 72 valence electrons. The molecule has 0 heterocycles. The van der Waals surface area contributed by atoms with Gasteiger partial charge in [0.05, 0.1) is 10.6 Å². The summed E-state index contributed by atoms with van der Waals surface area (Å²) in [5.74, 6) is -0.429. The summed E-state index contributed by atoms with van der Waals surface area (Å²) >= 11 is 5.59. The van der Waals surface area contributed by atoms with Gasteiger partial charge in [0, 0.05) is 6.42 Å². The van der Waals surface area contributed by atoms with E-state index in [-0.39, 0.29) is 5.02 Å². The lowest BCUT2D eigenvalue weighted by Gasteiger charge is -2.16. The molecule has 0 fully saturated rings. The molecule has 0 aliphatic rings. The van der Waals surface area contributed by atoms with Crippen molar-refractivity contribution >= 4 is 11.6 Å². The molecule has 1 N–H and O–H groups in total. The van der Waals surface area contributed by atoms with Gasteiger partial charge in [-0.1, -0.05) is 17.7 Å². The molecule has 1 aromatic carbocycles. The summed E-state index contributed by atoms with van der Waals surface area (Å²) in [6, 6.07) is 4.47. The van der Waals surface area contributed by atoms with Crippen molar-refractivity contribution in [1.29, 1.82) is 0 Å². The largest absolute Gasteiger partial charge is 0.390 e. The second-order valence-corrected chi connectivity index (χ2v) is 4.14. The normalized spacial score (nSPS) is 11.8. The van der Waals surface area contributed by atoms with Gasteiger partial charge in [-0.3, -0.25) is 0 Å². The Bertz CT molecular complexity index is 304. The summed E-state index contributed by atoms with van der Waals surface area (Å²) in [4.78, 5) is 0. The van der Waals surface area contributed by atoms with Gasteiger partial charge in [0.25, 0.3) is 0 Å². The highest BCUT2D eigenvalue weighted by Gasteiger charge is 2.14. The van der Waals surface area contributed by atoms with Crippen LogP contribution in [0, 0.1) is 5.82 Å². The summed E-state index contributed by atoms with van der Waals surface area (Å²) < 4.78 is 12.7. The summed E-state index contributed by atoms with van der Waals surface area (Å²) in [5, 5.41) is 9.59. The van der Waals surface area contributed by atoms with Gasteiger partial charge in [-0.05, 0) is 31.5 Å². The minimum Gasteiger partial charge on any atom is -0.390 e. The van der Waals surface area contributed by atoms with E-state index in [1.807, 2.05) is 0 Å². The Hall–Kier alpha value is -0.600. The van der Waals surface area contributed by atoms with Gasteiger partial charge in [-0.25, -0.2) is 4.39 Å². The van der Waals surface area contributed by atoms with E-state index in [0.717, 1.165) is 5.56 Å². The Balaban J connectivity index is 2.86. The van der Waals surface area contributed by atoms with Crippen LogP contribution in [-0.4, -0.2) is 10.7 Å². The zero-order valence-corrected chi connectivity index (χ0v) is 8.40. The van der Waals surface area contributed by atoms with Crippen molar-refractivity contribution in [3.63, 3.8) is 0 Å². The Labute approximate surface area is 82.2 Å². The summed E-state index contributed by atoms with van der Waals surface area (Å²) in [6.07, 6.45) is 0.465. The molecule has 0 amide bonds. The Morgan fingerprint density at radius 2 is 2.08 bits per heavy atom. The lowest BCUT2D eigenvalue weighted by Crippen LogP contribution is -2.21. The van der Waals surface area contributed by atoms with E-state index in [9.17, 15) is 9.50 Å². The first-order chi connectivity index (χ1) is 5.88. The van der Waals surface area contributed by atoms with E-state index in [4.69, 9.17) is 11.6 Å². The maximum atomic E-state index is 12.7. The maximum Gasteiger partial charge on any atom is 0.141 e. The van der Waals surface area contributed by atoms with Gasteiger partial charge < -0.3 is 5.11 Å². The van der Waals surface area contributed by atoms with Gasteiger partial charge in [0.2, 0.25) is 0 Å². The molecule has 0 saturated heterocycles. The van der Waals surface area contributed by atoms with Crippen LogP contribution in [0.5, 0.6) is 0 Å². The molecule has 1 rings (SSSR count). The Morgan fingerprint density at radius 3 is 2.54 bits per heavy atom. The van der Waals surface area contributed by atoms with Gasteiger partial charge in [-0.2, -0.15) is 0 Å². The molecular weight excluding hydrogens is 191 g/mol. The predicted molar refractivity (Wildman–Crippen MR) is 51.4 cm³/mol. The third-order valence-corrected chi connectivity index (χ3v) is 1.91. The molecule has 0 aromatic heterocycles. The minimum absolute atomic E-state index is 0.0988. The maximum absolute atomic E-state index is 12.7. The zero-order chi connectivity index (χ0) is 10.1. The molecule has 0 atom stereocenters. The second-order valence-electron chi connectivity index (χ2n) is 3.74. The van der Waals surface area contributed by atoms with Crippen LogP contribution in [-0.2, 0) is 6.42 Å². The molecule has 0 saturated carbocycles. The quantitative estimate of drug-likeness (QED) is 0.782. The summed E-state index contributed by atoms with van der Waals surface area (Å²) in [5.41, 5.74) is 0.0418. The van der Waals surface area contributed by atoms with Crippen LogP contribution in [0.2, 0.25) is 5.02 Å². The fourth-order valence-electron chi connectivity index (χ4n) is 1.15. The fraction of sp³-hybridized carbons (Fsp3) is 0.400.